The first-order valence-electron chi connectivity index (χ1n) is 11.5. The van der Waals surface area contributed by atoms with Crippen molar-refractivity contribution in [3.05, 3.63) is 17.9 Å². The number of piperidine rings is 1. The van der Waals surface area contributed by atoms with Crippen LogP contribution in [0.1, 0.15) is 58.2 Å². The van der Waals surface area contributed by atoms with Crippen molar-refractivity contribution in [3.8, 4) is 23.1 Å². The van der Waals surface area contributed by atoms with Crippen LogP contribution in [0.15, 0.2) is 10.6 Å². The van der Waals surface area contributed by atoms with E-state index in [9.17, 15) is 4.79 Å². The number of nitrogen functional groups attached to an aromatic ring is 1. The molecule has 34 heavy (non-hydrogen) atoms. The first-order chi connectivity index (χ1) is 16.2. The Bertz CT molecular complexity index is 1160. The van der Waals surface area contributed by atoms with Gasteiger partial charge >= 0.3 is 0 Å². The lowest BCUT2D eigenvalue weighted by Crippen LogP contribution is -2.37. The molecule has 1 aliphatic heterocycles. The van der Waals surface area contributed by atoms with E-state index >= 15 is 0 Å². The number of aliphatic hydroxyl groups is 1. The largest absolute Gasteiger partial charge is 0.419 e. The number of hydrogen-bond donors (Lipinski definition) is 2. The van der Waals surface area contributed by atoms with Crippen LogP contribution in [0.5, 0.6) is 0 Å². The lowest BCUT2D eigenvalue weighted by Gasteiger charge is -2.29. The fourth-order valence-electron chi connectivity index (χ4n) is 3.88. The summed E-state index contributed by atoms with van der Waals surface area (Å²) in [5.41, 5.74) is 6.61. The maximum absolute atomic E-state index is 11.5. The topological polar surface area (TPSA) is 162 Å². The number of nitrogens with zero attached hydrogens (tertiary/aromatic N) is 8. The molecule has 12 heteroatoms. The minimum Gasteiger partial charge on any atom is -0.419 e. The number of aryl methyl sites for hydroxylation is 1. The van der Waals surface area contributed by atoms with Crippen LogP contribution in [0.3, 0.4) is 0 Å². The van der Waals surface area contributed by atoms with Crippen LogP contribution < -0.4 is 5.73 Å². The first kappa shape index (κ1) is 23.9. The van der Waals surface area contributed by atoms with Crippen molar-refractivity contribution in [2.45, 2.75) is 58.4 Å². The predicted molar refractivity (Wildman–Crippen MR) is 124 cm³/mol. The molecule has 3 N–H and O–H groups in total. The van der Waals surface area contributed by atoms with Crippen molar-refractivity contribution in [3.63, 3.8) is 0 Å². The van der Waals surface area contributed by atoms with Gasteiger partial charge < -0.3 is 15.3 Å². The number of aromatic nitrogens is 7. The third-order valence-corrected chi connectivity index (χ3v) is 5.82. The van der Waals surface area contributed by atoms with Gasteiger partial charge in [0.25, 0.3) is 5.89 Å². The Morgan fingerprint density at radius 2 is 1.97 bits per heavy atom. The van der Waals surface area contributed by atoms with Crippen LogP contribution in [-0.4, -0.2) is 77.0 Å². The van der Waals surface area contributed by atoms with Crippen molar-refractivity contribution in [1.29, 1.82) is 0 Å². The summed E-state index contributed by atoms with van der Waals surface area (Å²) in [4.78, 5) is 27.3. The average molecular weight is 470 g/mol. The maximum Gasteiger partial charge on any atom is 0.270 e. The maximum atomic E-state index is 11.5. The Hall–Kier alpha value is -3.25. The van der Waals surface area contributed by atoms with Gasteiger partial charge in [-0.3, -0.25) is 9.69 Å². The van der Waals surface area contributed by atoms with Gasteiger partial charge in [0.15, 0.2) is 28.9 Å². The second-order valence-corrected chi connectivity index (χ2v) is 9.51. The van der Waals surface area contributed by atoms with Crippen molar-refractivity contribution >= 4 is 11.6 Å². The smallest absolute Gasteiger partial charge is 0.270 e. The molecule has 0 aromatic carbocycles. The third kappa shape index (κ3) is 4.97. The highest BCUT2D eigenvalue weighted by molar-refractivity contribution is 5.81. The molecule has 0 aliphatic carbocycles. The van der Waals surface area contributed by atoms with E-state index in [-0.39, 0.29) is 35.4 Å². The molecule has 1 saturated heterocycles. The first-order valence-corrected chi connectivity index (χ1v) is 11.5. The Morgan fingerprint density at radius 1 is 1.24 bits per heavy atom. The summed E-state index contributed by atoms with van der Waals surface area (Å²) in [6.45, 7) is 9.92. The standard InChI is InChI=1S/C22H31N9O3/c1-5-31-19(26-18(29-31)13-6-8-30(9-7-13)11-14(33)12-32)15-10-24-17(23)16(25-15)20-27-28-21(34-20)22(2,3)4/h10,13,32H,5-9,11-12H2,1-4H3,(H2,23,24). The highest BCUT2D eigenvalue weighted by Crippen LogP contribution is 2.30. The molecule has 1 fully saturated rings. The number of aliphatic hydroxyl groups excluding tert-OH is 1. The number of hydrogen-bond acceptors (Lipinski definition) is 11. The van der Waals surface area contributed by atoms with Crippen LogP contribution in [0, 0.1) is 0 Å². The monoisotopic (exact) mass is 469 g/mol. The SMILES string of the molecule is CCn1nc(C2CCN(CC(=O)CO)CC2)nc1-c1cnc(N)c(-c2nnc(C(C)(C)C)o2)n1. The molecule has 12 nitrogen and oxygen atoms in total. The lowest BCUT2D eigenvalue weighted by atomic mass is 9.96. The van der Waals surface area contributed by atoms with Gasteiger partial charge in [-0.25, -0.2) is 19.6 Å². The second kappa shape index (κ2) is 9.55. The van der Waals surface area contributed by atoms with E-state index < -0.39 is 6.61 Å². The summed E-state index contributed by atoms with van der Waals surface area (Å²) in [6.07, 6.45) is 3.24. The van der Waals surface area contributed by atoms with Crippen molar-refractivity contribution < 1.29 is 14.3 Å². The normalized spacial score (nSPS) is 15.7. The van der Waals surface area contributed by atoms with Crippen molar-refractivity contribution in [2.75, 3.05) is 32.0 Å². The number of carbonyl (C=O) groups is 1. The molecule has 182 valence electrons. The minimum atomic E-state index is -0.419. The molecule has 0 bridgehead atoms. The molecule has 0 spiro atoms. The van der Waals surface area contributed by atoms with E-state index in [1.54, 1.807) is 10.9 Å². The molecular formula is C22H31N9O3. The van der Waals surface area contributed by atoms with Crippen molar-refractivity contribution in [2.24, 2.45) is 0 Å². The van der Waals surface area contributed by atoms with Gasteiger partial charge in [-0.15, -0.1) is 10.2 Å². The zero-order chi connectivity index (χ0) is 24.5. The average Bonchev–Trinajstić information content (AvgIpc) is 3.47. The van der Waals surface area contributed by atoms with E-state index in [2.05, 4.69) is 25.1 Å². The summed E-state index contributed by atoms with van der Waals surface area (Å²) < 4.78 is 7.62. The van der Waals surface area contributed by atoms with Crippen molar-refractivity contribution in [1.82, 2.24) is 39.8 Å². The Kier molecular flexibility index (Phi) is 6.71. The second-order valence-electron chi connectivity index (χ2n) is 9.51. The summed E-state index contributed by atoms with van der Waals surface area (Å²) >= 11 is 0. The van der Waals surface area contributed by atoms with E-state index in [0.29, 0.717) is 29.6 Å². The molecule has 0 atom stereocenters. The Balaban J connectivity index is 1.58. The third-order valence-electron chi connectivity index (χ3n) is 5.82. The lowest BCUT2D eigenvalue weighted by molar-refractivity contribution is -0.123. The number of nitrogens with two attached hydrogens (primary N) is 1. The van der Waals surface area contributed by atoms with Gasteiger partial charge in [0, 0.05) is 17.9 Å². The Morgan fingerprint density at radius 3 is 2.59 bits per heavy atom. The molecular weight excluding hydrogens is 438 g/mol. The van der Waals surface area contributed by atoms with Gasteiger partial charge in [0.1, 0.15) is 12.3 Å². The number of rotatable bonds is 7. The van der Waals surface area contributed by atoms with Gasteiger partial charge in [-0.1, -0.05) is 20.8 Å². The molecule has 3 aromatic rings. The van der Waals surface area contributed by atoms with Gasteiger partial charge in [0.05, 0.1) is 12.7 Å². The van der Waals surface area contributed by atoms with E-state index in [1.165, 1.54) is 0 Å². The zero-order valence-electron chi connectivity index (χ0n) is 20.0. The van der Waals surface area contributed by atoms with Crippen LogP contribution in [0.4, 0.5) is 5.82 Å². The molecule has 1 aliphatic rings. The molecule has 0 amide bonds. The van der Waals surface area contributed by atoms with Crippen LogP contribution in [-0.2, 0) is 16.8 Å². The number of carbonyl (C=O) groups excluding carboxylic acids is 1. The number of likely N-dealkylation sites (tertiary alicyclic amines) is 1. The quantitative estimate of drug-likeness (QED) is 0.514. The van der Waals surface area contributed by atoms with Gasteiger partial charge in [-0.05, 0) is 32.9 Å². The number of anilines is 1. The van der Waals surface area contributed by atoms with Gasteiger partial charge in [0.2, 0.25) is 5.89 Å². The number of ketones is 1. The van der Waals surface area contributed by atoms with E-state index in [4.69, 9.17) is 25.3 Å². The van der Waals surface area contributed by atoms with E-state index in [0.717, 1.165) is 31.8 Å². The molecule has 4 heterocycles. The van der Waals surface area contributed by atoms with Crippen LogP contribution in [0.2, 0.25) is 0 Å². The number of Topliss-reactive ketones (excluding diaryl/α,β-unsaturated/α-hetero) is 1. The van der Waals surface area contributed by atoms with Gasteiger partial charge in [-0.2, -0.15) is 5.10 Å². The summed E-state index contributed by atoms with van der Waals surface area (Å²) in [6, 6.07) is 0. The van der Waals surface area contributed by atoms with Crippen LogP contribution in [0.25, 0.3) is 23.1 Å². The summed E-state index contributed by atoms with van der Waals surface area (Å²) in [5, 5.41) is 21.9. The minimum absolute atomic E-state index is 0.164. The fourth-order valence-corrected chi connectivity index (χ4v) is 3.88. The molecule has 0 radical (unpaired) electrons. The predicted octanol–water partition coefficient (Wildman–Crippen LogP) is 1.43. The molecule has 0 unspecified atom stereocenters. The highest BCUT2D eigenvalue weighted by atomic mass is 16.4. The molecule has 0 saturated carbocycles. The zero-order valence-corrected chi connectivity index (χ0v) is 20.0. The van der Waals surface area contributed by atoms with Crippen LogP contribution >= 0.6 is 0 Å². The van der Waals surface area contributed by atoms with E-state index in [1.807, 2.05) is 27.7 Å². The molecule has 4 rings (SSSR count). The summed E-state index contributed by atoms with van der Waals surface area (Å²) in [5.74, 6) is 2.25. The highest BCUT2D eigenvalue weighted by Gasteiger charge is 2.27. The molecule has 3 aromatic heterocycles. The Labute approximate surface area is 197 Å². The fraction of sp³-hybridized carbons (Fsp3) is 0.591. The summed E-state index contributed by atoms with van der Waals surface area (Å²) in [7, 11) is 0.